The van der Waals surface area contributed by atoms with Crippen molar-refractivity contribution < 1.29 is 19.1 Å². The number of ether oxygens (including phenoxy) is 1. The van der Waals surface area contributed by atoms with E-state index in [0.717, 1.165) is 29.5 Å². The Labute approximate surface area is 157 Å². The Hall–Kier alpha value is -3.19. The van der Waals surface area contributed by atoms with Gasteiger partial charge >= 0.3 is 5.97 Å². The van der Waals surface area contributed by atoms with E-state index >= 15 is 0 Å². The summed E-state index contributed by atoms with van der Waals surface area (Å²) >= 11 is 0. The molecule has 7 heteroatoms. The molecule has 0 atom stereocenters. The zero-order valence-corrected chi connectivity index (χ0v) is 15.2. The van der Waals surface area contributed by atoms with E-state index in [2.05, 4.69) is 10.7 Å². The molecule has 0 saturated heterocycles. The Kier molecular flexibility index (Phi) is 7.51. The summed E-state index contributed by atoms with van der Waals surface area (Å²) in [5.74, 6) is 4.51. The van der Waals surface area contributed by atoms with E-state index in [0.29, 0.717) is 5.75 Å². The number of amides is 2. The summed E-state index contributed by atoms with van der Waals surface area (Å²) in [5, 5.41) is 2.39. The third-order valence-corrected chi connectivity index (χ3v) is 3.89. The largest absolute Gasteiger partial charge is 0.425 e. The van der Waals surface area contributed by atoms with E-state index in [1.807, 2.05) is 36.4 Å². The summed E-state index contributed by atoms with van der Waals surface area (Å²) in [6.07, 6.45) is 1.95. The van der Waals surface area contributed by atoms with E-state index in [1.165, 1.54) is 6.92 Å². The fraction of sp³-hybridized carbons (Fsp3) is 0.250. The minimum absolute atomic E-state index is 0.153. The van der Waals surface area contributed by atoms with Crippen LogP contribution in [0.3, 0.4) is 0 Å². The molecule has 0 spiro atoms. The summed E-state index contributed by atoms with van der Waals surface area (Å²) in [4.78, 5) is 33.6. The maximum atomic E-state index is 11.6. The molecule has 0 aromatic heterocycles. The number of esters is 1. The predicted molar refractivity (Wildman–Crippen MR) is 101 cm³/mol. The van der Waals surface area contributed by atoms with E-state index in [9.17, 15) is 14.4 Å². The number of benzene rings is 2. The predicted octanol–water partition coefficient (Wildman–Crippen LogP) is 1.05. The number of hydrazine groups is 1. The maximum absolute atomic E-state index is 11.6. The molecule has 0 unspecified atom stereocenters. The summed E-state index contributed by atoms with van der Waals surface area (Å²) in [7, 11) is 0. The highest BCUT2D eigenvalue weighted by atomic mass is 16.5. The second-order valence-corrected chi connectivity index (χ2v) is 6.09. The number of nitrogens with two attached hydrogens (primary N) is 1. The van der Waals surface area contributed by atoms with Gasteiger partial charge < -0.3 is 10.1 Å². The van der Waals surface area contributed by atoms with Crippen LogP contribution in [0.2, 0.25) is 0 Å². The Balaban J connectivity index is 1.81. The third kappa shape index (κ3) is 7.29. The average Bonchev–Trinajstić information content (AvgIpc) is 2.67. The lowest BCUT2D eigenvalue weighted by Gasteiger charge is -2.07. The van der Waals surface area contributed by atoms with Crippen LogP contribution in [-0.4, -0.2) is 24.3 Å². The van der Waals surface area contributed by atoms with Crippen LogP contribution in [0, 0.1) is 0 Å². The van der Waals surface area contributed by atoms with Crippen LogP contribution in [-0.2, 0) is 33.6 Å². The zero-order chi connectivity index (χ0) is 19.6. The fourth-order valence-electron chi connectivity index (χ4n) is 2.44. The van der Waals surface area contributed by atoms with Crippen molar-refractivity contribution in [1.82, 2.24) is 10.7 Å². The Morgan fingerprint density at radius 2 is 1.41 bits per heavy atom. The smallest absolute Gasteiger partial charge is 0.330 e. The first-order chi connectivity index (χ1) is 13.0. The van der Waals surface area contributed by atoms with Crippen LogP contribution in [0.1, 0.15) is 23.6 Å². The standard InChI is InChI=1S/C20H23N3O4/c1-14(24)22-13-20(26)27-18-10-8-16(9-11-18)3-2-15-4-6-17(7-5-15)12-19(25)23-21/h4-11H,2-3,12-13,21H2,1H3,(H,22,24)(H,23,25). The monoisotopic (exact) mass is 369 g/mol. The molecule has 7 nitrogen and oxygen atoms in total. The first kappa shape index (κ1) is 20.1. The van der Waals surface area contributed by atoms with Gasteiger partial charge in [-0.25, -0.2) is 10.6 Å². The number of hydrogen-bond acceptors (Lipinski definition) is 5. The molecule has 0 aliphatic carbocycles. The van der Waals surface area contributed by atoms with Crippen molar-refractivity contribution in [3.63, 3.8) is 0 Å². The summed E-state index contributed by atoms with van der Waals surface area (Å²) in [5.41, 5.74) is 5.30. The third-order valence-electron chi connectivity index (χ3n) is 3.89. The molecule has 0 fully saturated rings. The van der Waals surface area contributed by atoms with Crippen molar-refractivity contribution in [3.05, 3.63) is 65.2 Å². The van der Waals surface area contributed by atoms with Gasteiger partial charge in [-0.15, -0.1) is 0 Å². The first-order valence-electron chi connectivity index (χ1n) is 8.57. The van der Waals surface area contributed by atoms with Gasteiger partial charge in [0.2, 0.25) is 11.8 Å². The van der Waals surface area contributed by atoms with Crippen molar-refractivity contribution in [3.8, 4) is 5.75 Å². The second-order valence-electron chi connectivity index (χ2n) is 6.09. The quantitative estimate of drug-likeness (QED) is 0.212. The normalized spacial score (nSPS) is 10.1. The Bertz CT molecular complexity index is 786. The molecular formula is C20H23N3O4. The summed E-state index contributed by atoms with van der Waals surface area (Å²) in [6.45, 7) is 1.19. The SMILES string of the molecule is CC(=O)NCC(=O)Oc1ccc(CCc2ccc(CC(=O)NN)cc2)cc1. The van der Waals surface area contributed by atoms with Gasteiger partial charge in [0.05, 0.1) is 6.42 Å². The molecule has 2 aromatic rings. The molecule has 2 amide bonds. The molecule has 27 heavy (non-hydrogen) atoms. The van der Waals surface area contributed by atoms with E-state index < -0.39 is 5.97 Å². The van der Waals surface area contributed by atoms with E-state index in [-0.39, 0.29) is 24.8 Å². The average molecular weight is 369 g/mol. The van der Waals surface area contributed by atoms with Gasteiger partial charge in [-0.1, -0.05) is 36.4 Å². The van der Waals surface area contributed by atoms with Gasteiger partial charge in [-0.3, -0.25) is 15.0 Å². The van der Waals surface area contributed by atoms with Crippen molar-refractivity contribution in [2.24, 2.45) is 5.84 Å². The number of hydrogen-bond donors (Lipinski definition) is 3. The highest BCUT2D eigenvalue weighted by Crippen LogP contribution is 2.15. The van der Waals surface area contributed by atoms with Crippen LogP contribution >= 0.6 is 0 Å². The van der Waals surface area contributed by atoms with Crippen LogP contribution in [0.4, 0.5) is 0 Å². The van der Waals surface area contributed by atoms with Crippen molar-refractivity contribution in [1.29, 1.82) is 0 Å². The summed E-state index contributed by atoms with van der Waals surface area (Å²) < 4.78 is 5.14. The lowest BCUT2D eigenvalue weighted by Crippen LogP contribution is -2.31. The van der Waals surface area contributed by atoms with Crippen molar-refractivity contribution in [2.45, 2.75) is 26.2 Å². The van der Waals surface area contributed by atoms with Crippen molar-refractivity contribution in [2.75, 3.05) is 6.54 Å². The minimum Gasteiger partial charge on any atom is -0.425 e. The highest BCUT2D eigenvalue weighted by molar-refractivity contribution is 5.81. The number of nitrogens with one attached hydrogen (secondary N) is 2. The topological polar surface area (TPSA) is 111 Å². The number of carbonyl (C=O) groups excluding carboxylic acids is 3. The molecular weight excluding hydrogens is 346 g/mol. The number of rotatable bonds is 8. The lowest BCUT2D eigenvalue weighted by molar-refractivity contribution is -0.135. The first-order valence-corrected chi connectivity index (χ1v) is 8.57. The van der Waals surface area contributed by atoms with E-state index in [4.69, 9.17) is 10.6 Å². The van der Waals surface area contributed by atoms with Crippen LogP contribution < -0.4 is 21.3 Å². The Morgan fingerprint density at radius 1 is 0.889 bits per heavy atom. The zero-order valence-electron chi connectivity index (χ0n) is 15.2. The molecule has 2 rings (SSSR count). The van der Waals surface area contributed by atoms with Gasteiger partial charge in [0, 0.05) is 6.92 Å². The van der Waals surface area contributed by atoms with Gasteiger partial charge in [-0.2, -0.15) is 0 Å². The molecule has 0 saturated carbocycles. The number of carbonyl (C=O) groups is 3. The molecule has 2 aromatic carbocycles. The molecule has 0 aliphatic rings. The minimum atomic E-state index is -0.513. The molecule has 0 bridgehead atoms. The number of aryl methyl sites for hydroxylation is 2. The van der Waals surface area contributed by atoms with Crippen LogP contribution in [0.15, 0.2) is 48.5 Å². The Morgan fingerprint density at radius 3 is 1.93 bits per heavy atom. The fourth-order valence-corrected chi connectivity index (χ4v) is 2.44. The molecule has 0 radical (unpaired) electrons. The van der Waals surface area contributed by atoms with E-state index in [1.54, 1.807) is 12.1 Å². The second kappa shape index (κ2) is 10.1. The maximum Gasteiger partial charge on any atom is 0.330 e. The molecule has 0 heterocycles. The van der Waals surface area contributed by atoms with Gasteiger partial charge in [0.1, 0.15) is 12.3 Å². The lowest BCUT2D eigenvalue weighted by atomic mass is 10.0. The molecule has 4 N–H and O–H groups in total. The van der Waals surface area contributed by atoms with Crippen molar-refractivity contribution >= 4 is 17.8 Å². The van der Waals surface area contributed by atoms with Gasteiger partial charge in [0.25, 0.3) is 0 Å². The molecule has 142 valence electrons. The van der Waals surface area contributed by atoms with Gasteiger partial charge in [-0.05, 0) is 41.7 Å². The van der Waals surface area contributed by atoms with Gasteiger partial charge in [0.15, 0.2) is 0 Å². The van der Waals surface area contributed by atoms with Crippen LogP contribution in [0.5, 0.6) is 5.75 Å². The molecule has 0 aliphatic heterocycles. The summed E-state index contributed by atoms with van der Waals surface area (Å²) in [6, 6.07) is 15.1. The van der Waals surface area contributed by atoms with Crippen LogP contribution in [0.25, 0.3) is 0 Å². The highest BCUT2D eigenvalue weighted by Gasteiger charge is 2.06.